The van der Waals surface area contributed by atoms with Crippen LogP contribution in [0.4, 0.5) is 23.2 Å². The Morgan fingerprint density at radius 2 is 1.82 bits per heavy atom. The van der Waals surface area contributed by atoms with Gasteiger partial charge in [0.25, 0.3) is 0 Å². The molecule has 22 heavy (non-hydrogen) atoms. The largest absolute Gasteiger partial charge is 0.418 e. The smallest absolute Gasteiger partial charge is 0.398 e. The third-order valence-corrected chi connectivity index (χ3v) is 3.28. The Labute approximate surface area is 128 Å². The number of aromatic nitrogens is 1. The van der Waals surface area contributed by atoms with E-state index in [1.807, 2.05) is 0 Å². The first-order valence-corrected chi connectivity index (χ1v) is 6.56. The zero-order valence-electron chi connectivity index (χ0n) is 11.4. The molecular weight excluding hydrogens is 322 g/mol. The van der Waals surface area contributed by atoms with E-state index in [-0.39, 0.29) is 21.8 Å². The fourth-order valence-electron chi connectivity index (χ4n) is 2.10. The van der Waals surface area contributed by atoms with Crippen molar-refractivity contribution in [2.45, 2.75) is 19.1 Å². The molecule has 1 atom stereocenters. The maximum Gasteiger partial charge on any atom is 0.418 e. The average molecular weight is 334 g/mol. The highest BCUT2D eigenvalue weighted by atomic mass is 35.5. The summed E-state index contributed by atoms with van der Waals surface area (Å²) in [6, 6.07) is 2.37. The highest BCUT2D eigenvalue weighted by Crippen LogP contribution is 2.42. The van der Waals surface area contributed by atoms with Gasteiger partial charge in [0.2, 0.25) is 0 Å². The number of pyridine rings is 1. The van der Waals surface area contributed by atoms with Gasteiger partial charge in [-0.2, -0.15) is 13.2 Å². The standard InChI is InChI=1S/C14H12ClF4N3/c1-6(20)13-10(4-8(16)5-22-13)9-2-7(15)3-11(12(9)21)14(17,18)19/h2-6H,20-21H2,1H3. The Kier molecular flexibility index (Phi) is 4.30. The fourth-order valence-corrected chi connectivity index (χ4v) is 2.32. The van der Waals surface area contributed by atoms with E-state index in [2.05, 4.69) is 4.98 Å². The number of benzene rings is 1. The normalized spacial score (nSPS) is 13.2. The minimum atomic E-state index is -4.68. The Morgan fingerprint density at radius 1 is 1.18 bits per heavy atom. The molecule has 1 aromatic carbocycles. The Balaban J connectivity index is 2.79. The van der Waals surface area contributed by atoms with Crippen molar-refractivity contribution in [3.63, 3.8) is 0 Å². The molecule has 0 fully saturated rings. The zero-order chi connectivity index (χ0) is 16.7. The van der Waals surface area contributed by atoms with Gasteiger partial charge >= 0.3 is 6.18 Å². The first-order chi connectivity index (χ1) is 10.1. The summed E-state index contributed by atoms with van der Waals surface area (Å²) in [5.41, 5.74) is 9.97. The molecule has 0 saturated carbocycles. The number of alkyl halides is 3. The van der Waals surface area contributed by atoms with Crippen molar-refractivity contribution >= 4 is 17.3 Å². The van der Waals surface area contributed by atoms with E-state index in [0.717, 1.165) is 18.3 Å². The van der Waals surface area contributed by atoms with Crippen molar-refractivity contribution in [1.82, 2.24) is 4.98 Å². The molecule has 8 heteroatoms. The molecule has 4 N–H and O–H groups in total. The summed E-state index contributed by atoms with van der Waals surface area (Å²) in [5, 5.41) is -0.170. The van der Waals surface area contributed by atoms with Crippen LogP contribution >= 0.6 is 11.6 Å². The van der Waals surface area contributed by atoms with Crippen molar-refractivity contribution in [2.75, 3.05) is 5.73 Å². The van der Waals surface area contributed by atoms with Crippen molar-refractivity contribution in [2.24, 2.45) is 5.73 Å². The van der Waals surface area contributed by atoms with Crippen LogP contribution in [0.25, 0.3) is 11.1 Å². The summed E-state index contributed by atoms with van der Waals surface area (Å²) in [6.07, 6.45) is -3.74. The van der Waals surface area contributed by atoms with Gasteiger partial charge < -0.3 is 11.5 Å². The van der Waals surface area contributed by atoms with E-state index in [1.165, 1.54) is 6.07 Å². The van der Waals surface area contributed by atoms with Gasteiger partial charge in [0.1, 0.15) is 5.82 Å². The number of hydrogen-bond acceptors (Lipinski definition) is 3. The molecule has 3 nitrogen and oxygen atoms in total. The van der Waals surface area contributed by atoms with Gasteiger partial charge in [-0.25, -0.2) is 4.39 Å². The highest BCUT2D eigenvalue weighted by Gasteiger charge is 2.34. The van der Waals surface area contributed by atoms with Crippen LogP contribution in [0, 0.1) is 5.82 Å². The van der Waals surface area contributed by atoms with E-state index >= 15 is 0 Å². The second kappa shape index (κ2) is 5.73. The summed E-state index contributed by atoms with van der Waals surface area (Å²) in [4.78, 5) is 3.84. The quantitative estimate of drug-likeness (QED) is 0.640. The number of nitrogens with zero attached hydrogens (tertiary/aromatic N) is 1. The van der Waals surface area contributed by atoms with Crippen molar-refractivity contribution in [3.8, 4) is 11.1 Å². The lowest BCUT2D eigenvalue weighted by molar-refractivity contribution is -0.136. The first-order valence-electron chi connectivity index (χ1n) is 6.19. The lowest BCUT2D eigenvalue weighted by atomic mass is 9.96. The van der Waals surface area contributed by atoms with Crippen molar-refractivity contribution in [3.05, 3.63) is 46.5 Å². The first kappa shape index (κ1) is 16.5. The number of halogens is 5. The predicted octanol–water partition coefficient (Wildman–Crippen LogP) is 4.16. The second-order valence-corrected chi connectivity index (χ2v) is 5.22. The van der Waals surface area contributed by atoms with Crippen molar-refractivity contribution in [1.29, 1.82) is 0 Å². The summed E-state index contributed by atoms with van der Waals surface area (Å²) in [7, 11) is 0. The van der Waals surface area contributed by atoms with E-state index in [0.29, 0.717) is 0 Å². The van der Waals surface area contributed by atoms with Gasteiger partial charge in [-0.3, -0.25) is 4.98 Å². The second-order valence-electron chi connectivity index (χ2n) is 4.79. The van der Waals surface area contributed by atoms with Crippen LogP contribution in [0.2, 0.25) is 5.02 Å². The molecule has 0 amide bonds. The minimum Gasteiger partial charge on any atom is -0.398 e. The Morgan fingerprint density at radius 3 is 2.36 bits per heavy atom. The monoisotopic (exact) mass is 333 g/mol. The predicted molar refractivity (Wildman–Crippen MR) is 76.7 cm³/mol. The number of hydrogen-bond donors (Lipinski definition) is 2. The molecular formula is C14H12ClF4N3. The summed E-state index contributed by atoms with van der Waals surface area (Å²) in [5.74, 6) is -0.715. The van der Waals surface area contributed by atoms with Gasteiger partial charge in [0.05, 0.1) is 23.1 Å². The number of nitrogen functional groups attached to an aromatic ring is 1. The van der Waals surface area contributed by atoms with Gasteiger partial charge in [-0.05, 0) is 25.1 Å². The van der Waals surface area contributed by atoms with Crippen LogP contribution in [0.3, 0.4) is 0 Å². The van der Waals surface area contributed by atoms with Crippen LogP contribution in [-0.4, -0.2) is 4.98 Å². The summed E-state index contributed by atoms with van der Waals surface area (Å²) in [6.45, 7) is 1.58. The van der Waals surface area contributed by atoms with Crippen LogP contribution in [0.1, 0.15) is 24.2 Å². The lowest BCUT2D eigenvalue weighted by Gasteiger charge is -2.17. The molecule has 118 valence electrons. The molecule has 0 saturated heterocycles. The van der Waals surface area contributed by atoms with Crippen LogP contribution < -0.4 is 11.5 Å². The fraction of sp³-hybridized carbons (Fsp3) is 0.214. The molecule has 1 unspecified atom stereocenters. The SMILES string of the molecule is CC(N)c1ncc(F)cc1-c1cc(Cl)cc(C(F)(F)F)c1N. The summed E-state index contributed by atoms with van der Waals surface area (Å²) >= 11 is 5.75. The van der Waals surface area contributed by atoms with E-state index in [1.54, 1.807) is 6.92 Å². The minimum absolute atomic E-state index is 0.0564. The number of rotatable bonds is 2. The molecule has 1 aromatic heterocycles. The third-order valence-electron chi connectivity index (χ3n) is 3.06. The molecule has 0 aliphatic rings. The maximum atomic E-state index is 13.5. The molecule has 1 heterocycles. The maximum absolute atomic E-state index is 13.5. The van der Waals surface area contributed by atoms with Gasteiger partial charge in [0, 0.05) is 22.2 Å². The van der Waals surface area contributed by atoms with Crippen molar-refractivity contribution < 1.29 is 17.6 Å². The van der Waals surface area contributed by atoms with E-state index in [9.17, 15) is 17.6 Å². The third kappa shape index (κ3) is 3.15. The molecule has 2 aromatic rings. The van der Waals surface area contributed by atoms with Gasteiger partial charge in [-0.15, -0.1) is 0 Å². The van der Waals surface area contributed by atoms with E-state index < -0.39 is 29.3 Å². The molecule has 0 aliphatic carbocycles. The molecule has 0 spiro atoms. The zero-order valence-corrected chi connectivity index (χ0v) is 12.1. The van der Waals surface area contributed by atoms with Crippen LogP contribution in [0.15, 0.2) is 24.4 Å². The average Bonchev–Trinajstić information content (AvgIpc) is 2.39. The molecule has 2 rings (SSSR count). The van der Waals surface area contributed by atoms with Crippen LogP contribution in [-0.2, 0) is 6.18 Å². The van der Waals surface area contributed by atoms with Gasteiger partial charge in [-0.1, -0.05) is 11.6 Å². The lowest BCUT2D eigenvalue weighted by Crippen LogP contribution is -2.13. The number of nitrogens with two attached hydrogens (primary N) is 2. The molecule has 0 bridgehead atoms. The highest BCUT2D eigenvalue weighted by molar-refractivity contribution is 6.31. The topological polar surface area (TPSA) is 64.9 Å². The van der Waals surface area contributed by atoms with Gasteiger partial charge in [0.15, 0.2) is 0 Å². The van der Waals surface area contributed by atoms with Crippen LogP contribution in [0.5, 0.6) is 0 Å². The molecule has 0 radical (unpaired) electrons. The Bertz CT molecular complexity index is 714. The van der Waals surface area contributed by atoms with E-state index in [4.69, 9.17) is 23.1 Å². The summed E-state index contributed by atoms with van der Waals surface area (Å²) < 4.78 is 52.5. The number of anilines is 1. The Hall–Kier alpha value is -1.86. The molecule has 0 aliphatic heterocycles.